The Hall–Kier alpha value is -3.79. The molecule has 1 atom stereocenters. The number of hydrogen-bond acceptors (Lipinski definition) is 9. The summed E-state index contributed by atoms with van der Waals surface area (Å²) in [6, 6.07) is 14.4. The molecule has 0 N–H and O–H groups in total. The third-order valence-corrected chi connectivity index (χ3v) is 5.72. The van der Waals surface area contributed by atoms with Gasteiger partial charge in [0.25, 0.3) is 17.0 Å². The van der Waals surface area contributed by atoms with Crippen molar-refractivity contribution in [3.63, 3.8) is 0 Å². The Morgan fingerprint density at radius 3 is 2.66 bits per heavy atom. The zero-order valence-corrected chi connectivity index (χ0v) is 17.8. The summed E-state index contributed by atoms with van der Waals surface area (Å²) in [4.78, 5) is 13.1. The maximum absolute atomic E-state index is 13.1. The van der Waals surface area contributed by atoms with Gasteiger partial charge in [0.15, 0.2) is 5.76 Å². The Labute approximate surface area is 187 Å². The number of thioether (sulfide) groups is 1. The van der Waals surface area contributed by atoms with E-state index in [1.807, 2.05) is 30.3 Å². The Kier molecular flexibility index (Phi) is 5.51. The van der Waals surface area contributed by atoms with Crippen molar-refractivity contribution in [3.8, 4) is 17.4 Å². The fourth-order valence-corrected chi connectivity index (χ4v) is 3.97. The molecule has 0 radical (unpaired) electrons. The topological polar surface area (TPSA) is 107 Å². The molecule has 0 fully saturated rings. The molecule has 9 nitrogen and oxygen atoms in total. The fourth-order valence-electron chi connectivity index (χ4n) is 3.36. The molecule has 1 aliphatic heterocycles. The summed E-state index contributed by atoms with van der Waals surface area (Å²) in [5.41, 5.74) is 1.72. The molecular formula is C22H18N4O5S. The average molecular weight is 450 g/mol. The molecule has 1 amide bonds. The molecule has 1 aliphatic rings. The van der Waals surface area contributed by atoms with Crippen LogP contribution in [0.5, 0.6) is 5.75 Å². The van der Waals surface area contributed by atoms with Gasteiger partial charge in [-0.05, 0) is 54.1 Å². The molecule has 10 heteroatoms. The van der Waals surface area contributed by atoms with E-state index in [2.05, 4.69) is 15.3 Å². The smallest absolute Gasteiger partial charge is 0.284 e. The number of hydrogen-bond donors (Lipinski definition) is 0. The van der Waals surface area contributed by atoms with Crippen LogP contribution < -0.4 is 4.74 Å². The summed E-state index contributed by atoms with van der Waals surface area (Å²) in [6.07, 6.45) is 3.66. The molecule has 1 aromatic carbocycles. The molecule has 162 valence electrons. The van der Waals surface area contributed by atoms with Gasteiger partial charge >= 0.3 is 0 Å². The van der Waals surface area contributed by atoms with E-state index in [-0.39, 0.29) is 28.8 Å². The number of carbonyl (C=O) groups is 1. The van der Waals surface area contributed by atoms with Gasteiger partial charge in [0.1, 0.15) is 17.6 Å². The highest BCUT2D eigenvalue weighted by atomic mass is 32.2. The normalized spacial score (nSPS) is 15.7. The highest BCUT2D eigenvalue weighted by Crippen LogP contribution is 2.34. The van der Waals surface area contributed by atoms with Crippen molar-refractivity contribution >= 4 is 23.4 Å². The third-order valence-electron chi connectivity index (χ3n) is 4.92. The lowest BCUT2D eigenvalue weighted by Gasteiger charge is -2.19. The number of carbonyl (C=O) groups excluding carboxylic acids is 1. The zero-order chi connectivity index (χ0) is 21.9. The standard InChI is InChI=1S/C22H18N4O5S/c1-28-15-8-6-14(7-9-15)16-12-17(18-4-2-10-29-18)26(25-16)20(27)13-32-22-24-23-21(31-22)19-5-3-11-30-19/h2-11,17H,12-13H2,1H3/t17-/m1/s1. The van der Waals surface area contributed by atoms with Crippen LogP contribution in [0.2, 0.25) is 0 Å². The van der Waals surface area contributed by atoms with Crippen LogP contribution in [0, 0.1) is 0 Å². The minimum absolute atomic E-state index is 0.0798. The maximum atomic E-state index is 13.1. The van der Waals surface area contributed by atoms with Gasteiger partial charge < -0.3 is 18.0 Å². The van der Waals surface area contributed by atoms with Crippen LogP contribution in [-0.2, 0) is 4.79 Å². The lowest BCUT2D eigenvalue weighted by molar-refractivity contribution is -0.130. The zero-order valence-electron chi connectivity index (χ0n) is 17.0. The number of hydrazone groups is 1. The molecule has 0 unspecified atom stereocenters. The second kappa shape index (κ2) is 8.75. The van der Waals surface area contributed by atoms with Crippen molar-refractivity contribution in [1.29, 1.82) is 0 Å². The van der Waals surface area contributed by atoms with Crippen LogP contribution in [-0.4, -0.2) is 39.7 Å². The first-order valence-corrected chi connectivity index (χ1v) is 10.8. The van der Waals surface area contributed by atoms with Crippen LogP contribution in [0.1, 0.15) is 23.8 Å². The summed E-state index contributed by atoms with van der Waals surface area (Å²) in [5.74, 6) is 2.05. The van der Waals surface area contributed by atoms with E-state index in [0.717, 1.165) is 28.8 Å². The quantitative estimate of drug-likeness (QED) is 0.381. The Morgan fingerprint density at radius 1 is 1.12 bits per heavy atom. The first-order chi connectivity index (χ1) is 15.7. The van der Waals surface area contributed by atoms with Gasteiger partial charge in [0, 0.05) is 6.42 Å². The Morgan fingerprint density at radius 2 is 1.94 bits per heavy atom. The van der Waals surface area contributed by atoms with Crippen LogP contribution in [0.15, 0.2) is 84.6 Å². The van der Waals surface area contributed by atoms with Crippen molar-refractivity contribution in [3.05, 3.63) is 72.4 Å². The third kappa shape index (κ3) is 4.04. The number of furan rings is 2. The van der Waals surface area contributed by atoms with E-state index in [1.54, 1.807) is 31.6 Å². The predicted octanol–water partition coefficient (Wildman–Crippen LogP) is 4.40. The minimum Gasteiger partial charge on any atom is -0.497 e. The summed E-state index contributed by atoms with van der Waals surface area (Å²) < 4.78 is 21.6. The van der Waals surface area contributed by atoms with Crippen LogP contribution in [0.3, 0.4) is 0 Å². The van der Waals surface area contributed by atoms with E-state index in [4.69, 9.17) is 18.0 Å². The number of rotatable bonds is 7. The second-order valence-corrected chi connectivity index (χ2v) is 7.81. The molecular weight excluding hydrogens is 432 g/mol. The van der Waals surface area contributed by atoms with Gasteiger partial charge in [0.2, 0.25) is 0 Å². The van der Waals surface area contributed by atoms with Gasteiger partial charge in [-0.2, -0.15) is 5.10 Å². The number of methoxy groups -OCH3 is 1. The highest BCUT2D eigenvalue weighted by Gasteiger charge is 2.35. The monoisotopic (exact) mass is 450 g/mol. The minimum atomic E-state index is -0.323. The molecule has 0 spiro atoms. The van der Waals surface area contributed by atoms with Crippen molar-refractivity contribution in [1.82, 2.24) is 15.2 Å². The van der Waals surface area contributed by atoms with Crippen molar-refractivity contribution in [2.24, 2.45) is 5.10 Å². The van der Waals surface area contributed by atoms with Crippen molar-refractivity contribution in [2.75, 3.05) is 12.9 Å². The lowest BCUT2D eigenvalue weighted by atomic mass is 10.0. The molecule has 3 aromatic heterocycles. The van der Waals surface area contributed by atoms with Crippen LogP contribution in [0.4, 0.5) is 0 Å². The van der Waals surface area contributed by atoms with E-state index in [1.165, 1.54) is 11.3 Å². The molecule has 0 bridgehead atoms. The molecule has 4 aromatic rings. The summed E-state index contributed by atoms with van der Waals surface area (Å²) in [7, 11) is 1.62. The molecule has 4 heterocycles. The number of benzene rings is 1. The molecule has 5 rings (SSSR count). The number of amides is 1. The first kappa shape index (κ1) is 20.1. The van der Waals surface area contributed by atoms with E-state index in [9.17, 15) is 4.79 Å². The van der Waals surface area contributed by atoms with E-state index in [0.29, 0.717) is 17.9 Å². The number of ether oxygens (including phenoxy) is 1. The number of nitrogens with zero attached hydrogens (tertiary/aromatic N) is 4. The average Bonchev–Trinajstić information content (AvgIpc) is 3.63. The van der Waals surface area contributed by atoms with E-state index >= 15 is 0 Å². The Balaban J connectivity index is 1.32. The van der Waals surface area contributed by atoms with Gasteiger partial charge in [-0.15, -0.1) is 10.2 Å². The summed E-state index contributed by atoms with van der Waals surface area (Å²) in [6.45, 7) is 0. The lowest BCUT2D eigenvalue weighted by Crippen LogP contribution is -2.28. The molecule has 0 aliphatic carbocycles. The summed E-state index contributed by atoms with van der Waals surface area (Å²) in [5, 5.41) is 14.3. The van der Waals surface area contributed by atoms with Crippen molar-refractivity contribution in [2.45, 2.75) is 17.7 Å². The molecule has 0 saturated heterocycles. The SMILES string of the molecule is COc1ccc(C2=NN(C(=O)CSc3nnc(-c4ccco4)o3)[C@@H](c3ccco3)C2)cc1. The predicted molar refractivity (Wildman–Crippen MR) is 115 cm³/mol. The maximum Gasteiger partial charge on any atom is 0.284 e. The number of aromatic nitrogens is 2. The van der Waals surface area contributed by atoms with Gasteiger partial charge in [-0.3, -0.25) is 4.79 Å². The van der Waals surface area contributed by atoms with Gasteiger partial charge in [-0.1, -0.05) is 11.8 Å². The largest absolute Gasteiger partial charge is 0.497 e. The fraction of sp³-hybridized carbons (Fsp3) is 0.182. The van der Waals surface area contributed by atoms with E-state index < -0.39 is 0 Å². The highest BCUT2D eigenvalue weighted by molar-refractivity contribution is 7.99. The summed E-state index contributed by atoms with van der Waals surface area (Å²) >= 11 is 1.15. The Bertz CT molecular complexity index is 1220. The first-order valence-electron chi connectivity index (χ1n) is 9.79. The van der Waals surface area contributed by atoms with Gasteiger partial charge in [0.05, 0.1) is 31.1 Å². The molecule has 0 saturated carbocycles. The van der Waals surface area contributed by atoms with Crippen molar-refractivity contribution < 1.29 is 22.8 Å². The van der Waals surface area contributed by atoms with Crippen LogP contribution >= 0.6 is 11.8 Å². The van der Waals surface area contributed by atoms with Gasteiger partial charge in [-0.25, -0.2) is 5.01 Å². The molecule has 32 heavy (non-hydrogen) atoms. The van der Waals surface area contributed by atoms with Crippen LogP contribution in [0.25, 0.3) is 11.7 Å². The second-order valence-electron chi connectivity index (χ2n) is 6.89.